The molecule has 1 nitrogen and oxygen atoms in total. The van der Waals surface area contributed by atoms with Crippen molar-refractivity contribution in [3.05, 3.63) is 22.4 Å². The second kappa shape index (κ2) is 2.61. The van der Waals surface area contributed by atoms with Crippen molar-refractivity contribution in [3.8, 4) is 0 Å². The van der Waals surface area contributed by atoms with Crippen LogP contribution >= 0.6 is 11.3 Å². The highest BCUT2D eigenvalue weighted by Crippen LogP contribution is 2.36. The Hall–Kier alpha value is -0.340. The minimum Gasteiger partial charge on any atom is -0.321 e. The maximum atomic E-state index is 6.23. The molecule has 0 aliphatic heterocycles. The summed E-state index contributed by atoms with van der Waals surface area (Å²) >= 11 is 1.74. The van der Waals surface area contributed by atoms with E-state index in [0.29, 0.717) is 0 Å². The normalized spacial score (nSPS) is 22.3. The monoisotopic (exact) mass is 167 g/mol. The topological polar surface area (TPSA) is 26.0 Å². The molecule has 0 spiro atoms. The third-order valence-electron chi connectivity index (χ3n) is 2.59. The molecule has 1 aromatic heterocycles. The summed E-state index contributed by atoms with van der Waals surface area (Å²) in [6, 6.07) is 2.16. The van der Waals surface area contributed by atoms with Crippen LogP contribution in [-0.2, 0) is 5.54 Å². The van der Waals surface area contributed by atoms with Crippen LogP contribution in [0.1, 0.15) is 31.2 Å². The summed E-state index contributed by atoms with van der Waals surface area (Å²) in [6.45, 7) is 0. The zero-order valence-corrected chi connectivity index (χ0v) is 7.36. The molecule has 0 atom stereocenters. The fraction of sp³-hybridized carbons (Fsp3) is 0.556. The molecule has 11 heavy (non-hydrogen) atoms. The first-order valence-corrected chi connectivity index (χ1v) is 5.07. The van der Waals surface area contributed by atoms with E-state index in [2.05, 4.69) is 16.8 Å². The van der Waals surface area contributed by atoms with E-state index in [1.165, 1.54) is 31.2 Å². The van der Waals surface area contributed by atoms with Crippen molar-refractivity contribution in [1.29, 1.82) is 0 Å². The van der Waals surface area contributed by atoms with E-state index in [4.69, 9.17) is 5.73 Å². The fourth-order valence-electron chi connectivity index (χ4n) is 1.84. The highest BCUT2D eigenvalue weighted by Gasteiger charge is 2.31. The molecule has 60 valence electrons. The third kappa shape index (κ3) is 1.21. The predicted molar refractivity (Wildman–Crippen MR) is 48.7 cm³/mol. The first-order chi connectivity index (χ1) is 5.31. The zero-order valence-electron chi connectivity index (χ0n) is 6.55. The molecule has 0 aromatic carbocycles. The van der Waals surface area contributed by atoms with Gasteiger partial charge in [0.1, 0.15) is 0 Å². The Morgan fingerprint density at radius 1 is 1.36 bits per heavy atom. The van der Waals surface area contributed by atoms with Gasteiger partial charge in [0.05, 0.1) is 0 Å². The third-order valence-corrected chi connectivity index (χ3v) is 3.28. The van der Waals surface area contributed by atoms with Gasteiger partial charge in [0, 0.05) is 5.54 Å². The van der Waals surface area contributed by atoms with Gasteiger partial charge < -0.3 is 5.73 Å². The Morgan fingerprint density at radius 2 is 2.09 bits per heavy atom. The molecule has 0 unspecified atom stereocenters. The number of hydrogen-bond acceptors (Lipinski definition) is 2. The van der Waals surface area contributed by atoms with Crippen molar-refractivity contribution >= 4 is 11.3 Å². The van der Waals surface area contributed by atoms with Crippen molar-refractivity contribution in [2.24, 2.45) is 5.73 Å². The van der Waals surface area contributed by atoms with Crippen LogP contribution in [0.2, 0.25) is 0 Å². The number of hydrogen-bond donors (Lipinski definition) is 1. The molecular formula is C9H13NS. The summed E-state index contributed by atoms with van der Waals surface area (Å²) in [6.07, 6.45) is 4.94. The van der Waals surface area contributed by atoms with Gasteiger partial charge in [0.15, 0.2) is 0 Å². The molecular weight excluding hydrogens is 154 g/mol. The molecule has 0 amide bonds. The molecule has 1 fully saturated rings. The van der Waals surface area contributed by atoms with Crippen molar-refractivity contribution in [2.75, 3.05) is 0 Å². The van der Waals surface area contributed by atoms with E-state index in [-0.39, 0.29) is 5.54 Å². The van der Waals surface area contributed by atoms with Crippen LogP contribution in [-0.4, -0.2) is 0 Å². The van der Waals surface area contributed by atoms with Crippen molar-refractivity contribution in [3.63, 3.8) is 0 Å². The summed E-state index contributed by atoms with van der Waals surface area (Å²) in [7, 11) is 0. The highest BCUT2D eigenvalue weighted by molar-refractivity contribution is 7.08. The molecule has 1 aromatic rings. The van der Waals surface area contributed by atoms with Gasteiger partial charge in [-0.25, -0.2) is 0 Å². The smallest absolute Gasteiger partial charge is 0.0417 e. The van der Waals surface area contributed by atoms with Crippen LogP contribution in [0.3, 0.4) is 0 Å². The van der Waals surface area contributed by atoms with Crippen molar-refractivity contribution < 1.29 is 0 Å². The minimum atomic E-state index is 0.0278. The largest absolute Gasteiger partial charge is 0.321 e. The van der Waals surface area contributed by atoms with E-state index in [0.717, 1.165) is 0 Å². The fourth-order valence-corrected chi connectivity index (χ4v) is 2.61. The summed E-state index contributed by atoms with van der Waals surface area (Å²) < 4.78 is 0. The van der Waals surface area contributed by atoms with E-state index >= 15 is 0 Å². The molecule has 1 saturated carbocycles. The quantitative estimate of drug-likeness (QED) is 0.683. The second-order valence-corrected chi connectivity index (χ2v) is 4.16. The predicted octanol–water partition coefficient (Wildman–Crippen LogP) is 2.48. The first kappa shape index (κ1) is 7.32. The Kier molecular flexibility index (Phi) is 1.74. The number of rotatable bonds is 1. The van der Waals surface area contributed by atoms with Crippen LogP contribution in [0.5, 0.6) is 0 Å². The Balaban J connectivity index is 2.27. The molecule has 2 rings (SSSR count). The average Bonchev–Trinajstić information content (AvgIpc) is 2.55. The first-order valence-electron chi connectivity index (χ1n) is 4.13. The van der Waals surface area contributed by atoms with Gasteiger partial charge in [-0.15, -0.1) is 0 Å². The number of nitrogens with two attached hydrogens (primary N) is 1. The van der Waals surface area contributed by atoms with Gasteiger partial charge in [-0.3, -0.25) is 0 Å². The van der Waals surface area contributed by atoms with Crippen molar-refractivity contribution in [1.82, 2.24) is 0 Å². The Labute approximate surface area is 71.2 Å². The molecule has 0 saturated heterocycles. The molecule has 1 aliphatic rings. The molecule has 0 bridgehead atoms. The van der Waals surface area contributed by atoms with Gasteiger partial charge in [-0.2, -0.15) is 11.3 Å². The van der Waals surface area contributed by atoms with Crippen LogP contribution in [0.25, 0.3) is 0 Å². The average molecular weight is 167 g/mol. The van der Waals surface area contributed by atoms with Crippen LogP contribution in [0.15, 0.2) is 16.8 Å². The van der Waals surface area contributed by atoms with E-state index in [9.17, 15) is 0 Å². The van der Waals surface area contributed by atoms with Gasteiger partial charge >= 0.3 is 0 Å². The number of thiophene rings is 1. The van der Waals surface area contributed by atoms with Gasteiger partial charge in [0.2, 0.25) is 0 Å². The maximum Gasteiger partial charge on any atom is 0.0417 e. The van der Waals surface area contributed by atoms with Crippen LogP contribution < -0.4 is 5.73 Å². The van der Waals surface area contributed by atoms with Crippen LogP contribution in [0.4, 0.5) is 0 Å². The lowest BCUT2D eigenvalue weighted by Crippen LogP contribution is -2.32. The SMILES string of the molecule is NC1(c2ccsc2)CCCC1. The van der Waals surface area contributed by atoms with Gasteiger partial charge in [-0.05, 0) is 35.2 Å². The summed E-state index contributed by atoms with van der Waals surface area (Å²) in [4.78, 5) is 0. The summed E-state index contributed by atoms with van der Waals surface area (Å²) in [5.74, 6) is 0. The summed E-state index contributed by atoms with van der Waals surface area (Å²) in [5, 5.41) is 4.30. The van der Waals surface area contributed by atoms with Crippen molar-refractivity contribution in [2.45, 2.75) is 31.2 Å². The lowest BCUT2D eigenvalue weighted by molar-refractivity contribution is 0.463. The molecule has 1 heterocycles. The molecule has 2 N–H and O–H groups in total. The van der Waals surface area contributed by atoms with Crippen LogP contribution in [0, 0.1) is 0 Å². The molecule has 0 radical (unpaired) electrons. The van der Waals surface area contributed by atoms with E-state index in [1.54, 1.807) is 11.3 Å². The summed E-state index contributed by atoms with van der Waals surface area (Å²) in [5.41, 5.74) is 7.61. The Morgan fingerprint density at radius 3 is 2.64 bits per heavy atom. The van der Waals surface area contributed by atoms with Gasteiger partial charge in [0.25, 0.3) is 0 Å². The molecule has 2 heteroatoms. The van der Waals surface area contributed by atoms with Gasteiger partial charge in [-0.1, -0.05) is 12.8 Å². The minimum absolute atomic E-state index is 0.0278. The second-order valence-electron chi connectivity index (χ2n) is 3.38. The highest BCUT2D eigenvalue weighted by atomic mass is 32.1. The Bertz CT molecular complexity index is 222. The maximum absolute atomic E-state index is 6.23. The van der Waals surface area contributed by atoms with E-state index in [1.807, 2.05) is 0 Å². The lowest BCUT2D eigenvalue weighted by atomic mass is 9.92. The molecule has 1 aliphatic carbocycles. The standard InChI is InChI=1S/C9H13NS/c10-9(4-1-2-5-9)8-3-6-11-7-8/h3,6-7H,1-2,4-5,10H2. The van der Waals surface area contributed by atoms with E-state index < -0.39 is 0 Å². The lowest BCUT2D eigenvalue weighted by Gasteiger charge is -2.21. The zero-order chi connectivity index (χ0) is 7.73.